The lowest BCUT2D eigenvalue weighted by Crippen LogP contribution is -2.27. The molecule has 0 saturated heterocycles. The lowest BCUT2D eigenvalue weighted by Gasteiger charge is -2.08. The van der Waals surface area contributed by atoms with Crippen molar-refractivity contribution in [3.63, 3.8) is 0 Å². The molecule has 0 atom stereocenters. The Balaban J connectivity index is 1.85. The maximum absolute atomic E-state index is 12.0. The van der Waals surface area contributed by atoms with Gasteiger partial charge >= 0.3 is 5.88 Å². The highest BCUT2D eigenvalue weighted by atomic mass is 16.6. The van der Waals surface area contributed by atoms with Gasteiger partial charge in [-0.3, -0.25) is 19.7 Å². The minimum absolute atomic E-state index is 0.0436. The van der Waals surface area contributed by atoms with E-state index in [1.807, 2.05) is 0 Å². The fourth-order valence-corrected chi connectivity index (χ4v) is 2.31. The van der Waals surface area contributed by atoms with Crippen LogP contribution in [0.4, 0.5) is 5.88 Å². The van der Waals surface area contributed by atoms with Crippen LogP contribution in [0.3, 0.4) is 0 Å². The molecular weight excluding hydrogens is 316 g/mol. The highest BCUT2D eigenvalue weighted by molar-refractivity contribution is 5.92. The zero-order valence-corrected chi connectivity index (χ0v) is 12.6. The van der Waals surface area contributed by atoms with Gasteiger partial charge in [-0.15, -0.1) is 0 Å². The van der Waals surface area contributed by atoms with Gasteiger partial charge in [-0.25, -0.2) is 4.68 Å². The standard InChI is InChI=1S/C15H12N4O5/c1-18-15(21)10-5-3-2-4-9(10)11(17-18)8-16-14(20)12-6-7-13(24-12)19(22)23/h2-7H,8H2,1H3,(H,16,20). The number of carbonyl (C=O) groups excluding carboxylic acids is 1. The van der Waals surface area contributed by atoms with Crippen molar-refractivity contribution < 1.29 is 14.1 Å². The van der Waals surface area contributed by atoms with Crippen LogP contribution >= 0.6 is 0 Å². The van der Waals surface area contributed by atoms with Gasteiger partial charge in [-0.05, 0) is 12.1 Å². The lowest BCUT2D eigenvalue weighted by atomic mass is 10.1. The van der Waals surface area contributed by atoms with Crippen molar-refractivity contribution in [2.45, 2.75) is 6.54 Å². The zero-order valence-electron chi connectivity index (χ0n) is 12.6. The van der Waals surface area contributed by atoms with E-state index in [0.29, 0.717) is 16.5 Å². The van der Waals surface area contributed by atoms with Gasteiger partial charge in [0.1, 0.15) is 4.92 Å². The van der Waals surface area contributed by atoms with E-state index in [2.05, 4.69) is 10.4 Å². The molecule has 0 aliphatic carbocycles. The molecule has 0 radical (unpaired) electrons. The summed E-state index contributed by atoms with van der Waals surface area (Å²) in [5.41, 5.74) is 0.268. The van der Waals surface area contributed by atoms with Gasteiger partial charge in [0.05, 0.1) is 23.7 Å². The van der Waals surface area contributed by atoms with E-state index in [-0.39, 0.29) is 17.9 Å². The number of amides is 1. The Morgan fingerprint density at radius 1 is 1.29 bits per heavy atom. The summed E-state index contributed by atoms with van der Waals surface area (Å²) >= 11 is 0. The molecule has 0 aliphatic rings. The maximum Gasteiger partial charge on any atom is 0.433 e. The number of fused-ring (bicyclic) bond motifs is 1. The Labute approximate surface area is 134 Å². The predicted octanol–water partition coefficient (Wildman–Crippen LogP) is 1.36. The van der Waals surface area contributed by atoms with Crippen molar-refractivity contribution in [2.75, 3.05) is 0 Å². The van der Waals surface area contributed by atoms with Gasteiger partial charge in [-0.2, -0.15) is 5.10 Å². The van der Waals surface area contributed by atoms with Gasteiger partial charge < -0.3 is 9.73 Å². The van der Waals surface area contributed by atoms with Crippen molar-refractivity contribution in [1.82, 2.24) is 15.1 Å². The van der Waals surface area contributed by atoms with Crippen molar-refractivity contribution >= 4 is 22.6 Å². The third kappa shape index (κ3) is 2.74. The summed E-state index contributed by atoms with van der Waals surface area (Å²) in [4.78, 5) is 33.9. The number of benzene rings is 1. The van der Waals surface area contributed by atoms with E-state index in [4.69, 9.17) is 4.42 Å². The molecule has 9 nitrogen and oxygen atoms in total. The fraction of sp³-hybridized carbons (Fsp3) is 0.133. The molecule has 3 aromatic rings. The number of carbonyl (C=O) groups is 1. The summed E-state index contributed by atoms with van der Waals surface area (Å²) in [5.74, 6) is -1.29. The summed E-state index contributed by atoms with van der Waals surface area (Å²) in [6.45, 7) is 0.0436. The molecular formula is C15H12N4O5. The van der Waals surface area contributed by atoms with Crippen LogP contribution in [-0.2, 0) is 13.6 Å². The molecule has 3 rings (SSSR count). The molecule has 0 unspecified atom stereocenters. The molecule has 0 saturated carbocycles. The number of hydrogen-bond acceptors (Lipinski definition) is 6. The van der Waals surface area contributed by atoms with Crippen LogP contribution in [0.5, 0.6) is 0 Å². The molecule has 0 fully saturated rings. The van der Waals surface area contributed by atoms with E-state index < -0.39 is 16.7 Å². The van der Waals surface area contributed by atoms with Crippen molar-refractivity contribution in [2.24, 2.45) is 7.05 Å². The lowest BCUT2D eigenvalue weighted by molar-refractivity contribution is -0.402. The number of aryl methyl sites for hydroxylation is 1. The van der Waals surface area contributed by atoms with Crippen molar-refractivity contribution in [3.8, 4) is 0 Å². The number of furan rings is 1. The highest BCUT2D eigenvalue weighted by Gasteiger charge is 2.17. The largest absolute Gasteiger partial charge is 0.433 e. The number of nitrogens with zero attached hydrogens (tertiary/aromatic N) is 3. The fourth-order valence-electron chi connectivity index (χ4n) is 2.31. The van der Waals surface area contributed by atoms with Crippen molar-refractivity contribution in [3.05, 3.63) is 68.3 Å². The maximum atomic E-state index is 12.0. The van der Waals surface area contributed by atoms with Crippen LogP contribution in [0.25, 0.3) is 10.8 Å². The van der Waals surface area contributed by atoms with Gasteiger partial charge in [-0.1, -0.05) is 18.2 Å². The minimum Gasteiger partial charge on any atom is -0.395 e. The van der Waals surface area contributed by atoms with Crippen LogP contribution in [0.1, 0.15) is 16.2 Å². The first-order valence-electron chi connectivity index (χ1n) is 6.94. The van der Waals surface area contributed by atoms with E-state index in [0.717, 1.165) is 6.07 Å². The summed E-state index contributed by atoms with van der Waals surface area (Å²) in [6.07, 6.45) is 0. The second kappa shape index (κ2) is 5.95. The Morgan fingerprint density at radius 2 is 2.00 bits per heavy atom. The van der Waals surface area contributed by atoms with E-state index in [9.17, 15) is 19.7 Å². The molecule has 1 aromatic carbocycles. The topological polar surface area (TPSA) is 120 Å². The van der Waals surface area contributed by atoms with Crippen LogP contribution in [0, 0.1) is 10.1 Å². The number of aromatic nitrogens is 2. The average molecular weight is 328 g/mol. The van der Waals surface area contributed by atoms with Gasteiger partial charge in [0.25, 0.3) is 11.5 Å². The molecule has 0 spiro atoms. The first-order valence-corrected chi connectivity index (χ1v) is 6.94. The number of rotatable bonds is 4. The molecule has 24 heavy (non-hydrogen) atoms. The first kappa shape index (κ1) is 15.4. The van der Waals surface area contributed by atoms with Gasteiger partial charge in [0.15, 0.2) is 5.76 Å². The summed E-state index contributed by atoms with van der Waals surface area (Å²) in [6, 6.07) is 9.26. The SMILES string of the molecule is Cn1nc(CNC(=O)c2ccc([N+](=O)[O-])o2)c2ccccc2c1=O. The molecule has 9 heteroatoms. The molecule has 1 amide bonds. The Morgan fingerprint density at radius 3 is 2.67 bits per heavy atom. The second-order valence-electron chi connectivity index (χ2n) is 5.00. The predicted molar refractivity (Wildman–Crippen MR) is 83.5 cm³/mol. The molecule has 2 heterocycles. The monoisotopic (exact) mass is 328 g/mol. The van der Waals surface area contributed by atoms with E-state index >= 15 is 0 Å². The van der Waals surface area contributed by atoms with Crippen LogP contribution in [0.15, 0.2) is 45.6 Å². The first-order chi connectivity index (χ1) is 11.5. The molecule has 0 aliphatic heterocycles. The number of nitrogens with one attached hydrogen (secondary N) is 1. The quantitative estimate of drug-likeness (QED) is 0.570. The Hall–Kier alpha value is -3.49. The smallest absolute Gasteiger partial charge is 0.395 e. The molecule has 0 bridgehead atoms. The third-order valence-corrected chi connectivity index (χ3v) is 3.44. The number of hydrogen-bond donors (Lipinski definition) is 1. The average Bonchev–Trinajstić information content (AvgIpc) is 3.07. The summed E-state index contributed by atoms with van der Waals surface area (Å²) in [5, 5.41) is 18.4. The van der Waals surface area contributed by atoms with Crippen molar-refractivity contribution in [1.29, 1.82) is 0 Å². The second-order valence-corrected chi connectivity index (χ2v) is 5.00. The molecule has 1 N–H and O–H groups in total. The van der Waals surface area contributed by atoms with E-state index in [1.165, 1.54) is 17.8 Å². The minimum atomic E-state index is -0.723. The number of nitro groups is 1. The molecule has 2 aromatic heterocycles. The zero-order chi connectivity index (χ0) is 17.3. The Bertz CT molecular complexity index is 1000. The molecule has 122 valence electrons. The van der Waals surface area contributed by atoms with Gasteiger partial charge in [0.2, 0.25) is 0 Å². The van der Waals surface area contributed by atoms with E-state index in [1.54, 1.807) is 24.3 Å². The summed E-state index contributed by atoms with van der Waals surface area (Å²) < 4.78 is 6.03. The summed E-state index contributed by atoms with van der Waals surface area (Å²) in [7, 11) is 1.52. The third-order valence-electron chi connectivity index (χ3n) is 3.44. The van der Waals surface area contributed by atoms with Crippen LogP contribution in [-0.4, -0.2) is 20.6 Å². The Kier molecular flexibility index (Phi) is 3.82. The normalized spacial score (nSPS) is 10.7. The van der Waals surface area contributed by atoms with Crippen LogP contribution < -0.4 is 10.9 Å². The van der Waals surface area contributed by atoms with Gasteiger partial charge in [0, 0.05) is 12.4 Å². The van der Waals surface area contributed by atoms with Crippen LogP contribution in [0.2, 0.25) is 0 Å². The highest BCUT2D eigenvalue weighted by Crippen LogP contribution is 2.16.